The molecule has 2 fully saturated rings. The monoisotopic (exact) mass is 319 g/mol. The Hall–Kier alpha value is -1.43. The summed E-state index contributed by atoms with van der Waals surface area (Å²) in [6, 6.07) is 7.66. The molecule has 0 aromatic heterocycles. The molecular weight excluding hydrogens is 294 g/mol. The van der Waals surface area contributed by atoms with E-state index in [2.05, 4.69) is 0 Å². The maximum atomic E-state index is 12.9. The van der Waals surface area contributed by atoms with Crippen molar-refractivity contribution in [2.45, 2.75) is 37.6 Å². The minimum Gasteiger partial charge on any atom is -0.380 e. The van der Waals surface area contributed by atoms with Crippen molar-refractivity contribution in [3.63, 3.8) is 0 Å². The van der Waals surface area contributed by atoms with Gasteiger partial charge in [-0.05, 0) is 37.0 Å². The zero-order valence-corrected chi connectivity index (χ0v) is 13.9. The van der Waals surface area contributed by atoms with E-state index >= 15 is 0 Å². The van der Waals surface area contributed by atoms with E-state index in [1.807, 2.05) is 29.2 Å². The second-order valence-electron chi connectivity index (χ2n) is 6.39. The number of hydrogen-bond acceptors (Lipinski definition) is 4. The van der Waals surface area contributed by atoms with E-state index in [9.17, 15) is 4.79 Å². The first-order valence-corrected chi connectivity index (χ1v) is 8.22. The van der Waals surface area contributed by atoms with Gasteiger partial charge >= 0.3 is 0 Å². The SMILES string of the molecule is COCc1cccc(C(=O)N2CC[C@H](OC)[C@]3(CCCO3)C2)c1. The van der Waals surface area contributed by atoms with Gasteiger partial charge in [0.15, 0.2) is 0 Å². The van der Waals surface area contributed by atoms with Crippen LogP contribution in [0.3, 0.4) is 0 Å². The highest BCUT2D eigenvalue weighted by Crippen LogP contribution is 2.36. The quantitative estimate of drug-likeness (QED) is 0.854. The fourth-order valence-corrected chi connectivity index (χ4v) is 3.79. The van der Waals surface area contributed by atoms with Gasteiger partial charge in [0.2, 0.25) is 0 Å². The number of nitrogens with zero attached hydrogens (tertiary/aromatic N) is 1. The zero-order chi connectivity index (χ0) is 16.3. The summed E-state index contributed by atoms with van der Waals surface area (Å²) in [6.07, 6.45) is 2.89. The van der Waals surface area contributed by atoms with Crippen molar-refractivity contribution in [1.82, 2.24) is 4.90 Å². The van der Waals surface area contributed by atoms with Crippen LogP contribution in [0.15, 0.2) is 24.3 Å². The smallest absolute Gasteiger partial charge is 0.253 e. The molecule has 0 unspecified atom stereocenters. The summed E-state index contributed by atoms with van der Waals surface area (Å²) in [5.74, 6) is 0.0624. The number of piperidine rings is 1. The lowest BCUT2D eigenvalue weighted by atomic mass is 9.86. The van der Waals surface area contributed by atoms with E-state index in [1.165, 1.54) is 0 Å². The summed E-state index contributed by atoms with van der Waals surface area (Å²) < 4.78 is 16.8. The van der Waals surface area contributed by atoms with Gasteiger partial charge in [-0.2, -0.15) is 0 Å². The van der Waals surface area contributed by atoms with Crippen molar-refractivity contribution in [2.75, 3.05) is 33.9 Å². The summed E-state index contributed by atoms with van der Waals surface area (Å²) in [5, 5.41) is 0. The molecule has 2 atom stereocenters. The predicted molar refractivity (Wildman–Crippen MR) is 86.4 cm³/mol. The van der Waals surface area contributed by atoms with E-state index in [-0.39, 0.29) is 17.6 Å². The Morgan fingerprint density at radius 3 is 3.00 bits per heavy atom. The lowest BCUT2D eigenvalue weighted by Crippen LogP contribution is -2.58. The number of rotatable bonds is 4. The van der Waals surface area contributed by atoms with Gasteiger partial charge in [-0.15, -0.1) is 0 Å². The molecule has 2 aliphatic rings. The van der Waals surface area contributed by atoms with Crippen LogP contribution in [0.5, 0.6) is 0 Å². The van der Waals surface area contributed by atoms with E-state index < -0.39 is 0 Å². The predicted octanol–water partition coefficient (Wildman–Crippen LogP) is 2.24. The van der Waals surface area contributed by atoms with Gasteiger partial charge in [0.05, 0.1) is 19.3 Å². The molecule has 2 aliphatic heterocycles. The second-order valence-corrected chi connectivity index (χ2v) is 6.39. The Morgan fingerprint density at radius 2 is 2.30 bits per heavy atom. The van der Waals surface area contributed by atoms with Crippen LogP contribution in [0.2, 0.25) is 0 Å². The minimum absolute atomic E-state index is 0.0624. The van der Waals surface area contributed by atoms with Gasteiger partial charge in [0.25, 0.3) is 5.91 Å². The van der Waals surface area contributed by atoms with Crippen LogP contribution in [-0.2, 0) is 20.8 Å². The average Bonchev–Trinajstić information content (AvgIpc) is 3.03. The van der Waals surface area contributed by atoms with Gasteiger partial charge in [-0.3, -0.25) is 4.79 Å². The van der Waals surface area contributed by atoms with Crippen LogP contribution < -0.4 is 0 Å². The van der Waals surface area contributed by atoms with Crippen LogP contribution in [0.1, 0.15) is 35.2 Å². The maximum Gasteiger partial charge on any atom is 0.253 e. The Labute approximate surface area is 137 Å². The van der Waals surface area contributed by atoms with E-state index in [0.29, 0.717) is 25.3 Å². The number of ether oxygens (including phenoxy) is 3. The molecule has 0 N–H and O–H groups in total. The highest BCUT2D eigenvalue weighted by atomic mass is 16.6. The normalized spacial score (nSPS) is 27.6. The number of carbonyl (C=O) groups is 1. The highest BCUT2D eigenvalue weighted by Gasteiger charge is 2.48. The molecule has 126 valence electrons. The van der Waals surface area contributed by atoms with Gasteiger partial charge in [-0.1, -0.05) is 12.1 Å². The Bertz CT molecular complexity index is 554. The van der Waals surface area contributed by atoms with E-state index in [0.717, 1.165) is 31.4 Å². The van der Waals surface area contributed by atoms with E-state index in [4.69, 9.17) is 14.2 Å². The largest absolute Gasteiger partial charge is 0.380 e. The molecule has 3 rings (SSSR count). The van der Waals surface area contributed by atoms with Crippen LogP contribution in [0, 0.1) is 0 Å². The Morgan fingerprint density at radius 1 is 1.43 bits per heavy atom. The molecule has 5 nitrogen and oxygen atoms in total. The second kappa shape index (κ2) is 6.99. The van der Waals surface area contributed by atoms with Crippen LogP contribution in [0.4, 0.5) is 0 Å². The molecule has 2 saturated heterocycles. The van der Waals surface area contributed by atoms with Gasteiger partial charge in [0.1, 0.15) is 5.60 Å². The summed E-state index contributed by atoms with van der Waals surface area (Å²) in [7, 11) is 3.39. The molecule has 0 bridgehead atoms. The molecule has 5 heteroatoms. The minimum atomic E-state index is -0.327. The third-order valence-corrected chi connectivity index (χ3v) is 4.90. The van der Waals surface area contributed by atoms with Gasteiger partial charge < -0.3 is 19.1 Å². The summed E-state index contributed by atoms with van der Waals surface area (Å²) in [4.78, 5) is 14.8. The number of methoxy groups -OCH3 is 2. The van der Waals surface area contributed by atoms with Crippen molar-refractivity contribution < 1.29 is 19.0 Å². The third-order valence-electron chi connectivity index (χ3n) is 4.90. The fraction of sp³-hybridized carbons (Fsp3) is 0.611. The number of likely N-dealkylation sites (tertiary alicyclic amines) is 1. The topological polar surface area (TPSA) is 48.0 Å². The molecule has 1 aromatic rings. The standard InChI is InChI=1S/C18H25NO4/c1-21-12-14-5-3-6-15(11-14)17(20)19-9-7-16(22-2)18(13-19)8-4-10-23-18/h3,5-6,11,16H,4,7-10,12-13H2,1-2H3/t16-,18-/m0/s1. The van der Waals surface area contributed by atoms with Gasteiger partial charge in [0, 0.05) is 32.9 Å². The zero-order valence-electron chi connectivity index (χ0n) is 13.9. The molecule has 1 aromatic carbocycles. The molecule has 0 aliphatic carbocycles. The lowest BCUT2D eigenvalue weighted by Gasteiger charge is -2.44. The van der Waals surface area contributed by atoms with Crippen molar-refractivity contribution >= 4 is 5.91 Å². The first-order valence-electron chi connectivity index (χ1n) is 8.22. The molecule has 0 radical (unpaired) electrons. The maximum absolute atomic E-state index is 12.9. The summed E-state index contributed by atoms with van der Waals surface area (Å²) in [6.45, 7) is 2.58. The molecule has 1 spiro atoms. The first-order chi connectivity index (χ1) is 11.2. The molecule has 1 amide bonds. The van der Waals surface area contributed by atoms with Crippen molar-refractivity contribution in [1.29, 1.82) is 0 Å². The Kier molecular flexibility index (Phi) is 4.99. The molecule has 23 heavy (non-hydrogen) atoms. The number of amides is 1. The summed E-state index contributed by atoms with van der Waals surface area (Å²) in [5.41, 5.74) is 1.40. The van der Waals surface area contributed by atoms with Crippen LogP contribution in [-0.4, -0.2) is 56.4 Å². The third kappa shape index (κ3) is 3.27. The Balaban J connectivity index is 1.76. The van der Waals surface area contributed by atoms with Gasteiger partial charge in [-0.25, -0.2) is 0 Å². The molecule has 0 saturated carbocycles. The lowest BCUT2D eigenvalue weighted by molar-refractivity contribution is -0.137. The molecule has 2 heterocycles. The summed E-state index contributed by atoms with van der Waals surface area (Å²) >= 11 is 0. The van der Waals surface area contributed by atoms with Crippen molar-refractivity contribution in [2.24, 2.45) is 0 Å². The van der Waals surface area contributed by atoms with E-state index in [1.54, 1.807) is 14.2 Å². The fourth-order valence-electron chi connectivity index (χ4n) is 3.79. The van der Waals surface area contributed by atoms with Crippen LogP contribution in [0.25, 0.3) is 0 Å². The highest BCUT2D eigenvalue weighted by molar-refractivity contribution is 5.94. The number of benzene rings is 1. The number of hydrogen-bond donors (Lipinski definition) is 0. The van der Waals surface area contributed by atoms with Crippen molar-refractivity contribution in [3.05, 3.63) is 35.4 Å². The first kappa shape index (κ1) is 16.4. The average molecular weight is 319 g/mol. The van der Waals surface area contributed by atoms with Crippen molar-refractivity contribution in [3.8, 4) is 0 Å². The molecular formula is C18H25NO4. The number of carbonyl (C=O) groups excluding carboxylic acids is 1. The van der Waals surface area contributed by atoms with Crippen LogP contribution >= 0.6 is 0 Å².